The molecule has 0 amide bonds. The van der Waals surface area contributed by atoms with Crippen LogP contribution in [0.4, 0.5) is 4.39 Å². The first-order valence-electron chi connectivity index (χ1n) is 10.6. The van der Waals surface area contributed by atoms with E-state index in [1.54, 1.807) is 12.1 Å². The number of ether oxygens (including phenoxy) is 2. The van der Waals surface area contributed by atoms with Crippen LogP contribution < -0.4 is 10.3 Å². The molecule has 6 nitrogen and oxygen atoms in total. The van der Waals surface area contributed by atoms with Gasteiger partial charge in [-0.15, -0.1) is 11.3 Å². The van der Waals surface area contributed by atoms with Crippen LogP contribution in [0, 0.1) is 5.82 Å². The number of fused-ring (bicyclic) bond motifs is 1. The molecule has 1 atom stereocenters. The average molecular weight is 442 g/mol. The summed E-state index contributed by atoms with van der Waals surface area (Å²) in [5.41, 5.74) is 1.94. The quantitative estimate of drug-likeness (QED) is 0.581. The SMILES string of the molecule is CC1OCC=C1c1cc2ncn(-c3ccc(OCCN4CCCC4)c(F)c3)c(=O)c2s1. The number of rotatable bonds is 6. The summed E-state index contributed by atoms with van der Waals surface area (Å²) in [5.74, 6) is -0.287. The van der Waals surface area contributed by atoms with Crippen LogP contribution in [0.15, 0.2) is 41.5 Å². The second kappa shape index (κ2) is 8.53. The molecule has 31 heavy (non-hydrogen) atoms. The van der Waals surface area contributed by atoms with Crippen molar-refractivity contribution in [2.24, 2.45) is 0 Å². The molecule has 1 fully saturated rings. The van der Waals surface area contributed by atoms with Gasteiger partial charge >= 0.3 is 0 Å². The van der Waals surface area contributed by atoms with Gasteiger partial charge in [0.25, 0.3) is 5.56 Å². The Bertz CT molecular complexity index is 1200. The molecular formula is C23H24FN3O3S. The molecule has 0 spiro atoms. The summed E-state index contributed by atoms with van der Waals surface area (Å²) in [6.45, 7) is 5.97. The Morgan fingerprint density at radius 3 is 2.87 bits per heavy atom. The first kappa shape index (κ1) is 20.4. The van der Waals surface area contributed by atoms with E-state index in [2.05, 4.69) is 9.88 Å². The molecule has 2 aromatic heterocycles. The minimum absolute atomic E-state index is 0.00222. The number of aromatic nitrogens is 2. The Hall–Kier alpha value is -2.55. The van der Waals surface area contributed by atoms with E-state index in [1.807, 2.05) is 19.1 Å². The fourth-order valence-electron chi connectivity index (χ4n) is 4.12. The van der Waals surface area contributed by atoms with Gasteiger partial charge in [0.15, 0.2) is 11.6 Å². The lowest BCUT2D eigenvalue weighted by Crippen LogP contribution is -2.25. The van der Waals surface area contributed by atoms with E-state index >= 15 is 0 Å². The smallest absolute Gasteiger partial charge is 0.275 e. The summed E-state index contributed by atoms with van der Waals surface area (Å²) in [6.07, 6.45) is 5.92. The predicted molar refractivity (Wildman–Crippen MR) is 120 cm³/mol. The Kier molecular flexibility index (Phi) is 5.60. The molecule has 4 heterocycles. The molecule has 0 bridgehead atoms. The van der Waals surface area contributed by atoms with Crippen molar-refractivity contribution < 1.29 is 13.9 Å². The topological polar surface area (TPSA) is 56.6 Å². The predicted octanol–water partition coefficient (Wildman–Crippen LogP) is 3.86. The largest absolute Gasteiger partial charge is 0.489 e. The van der Waals surface area contributed by atoms with E-state index in [4.69, 9.17) is 9.47 Å². The highest BCUT2D eigenvalue weighted by Crippen LogP contribution is 2.33. The van der Waals surface area contributed by atoms with Gasteiger partial charge in [0.05, 0.1) is 23.9 Å². The van der Waals surface area contributed by atoms with Gasteiger partial charge < -0.3 is 9.47 Å². The maximum Gasteiger partial charge on any atom is 0.275 e. The van der Waals surface area contributed by atoms with E-state index < -0.39 is 5.82 Å². The Labute approximate surface area is 183 Å². The molecule has 2 aliphatic heterocycles. The van der Waals surface area contributed by atoms with Gasteiger partial charge in [-0.05, 0) is 56.6 Å². The van der Waals surface area contributed by atoms with Gasteiger partial charge in [-0.3, -0.25) is 14.3 Å². The fourth-order valence-corrected chi connectivity index (χ4v) is 5.28. The molecule has 1 unspecified atom stereocenters. The highest BCUT2D eigenvalue weighted by atomic mass is 32.1. The molecular weight excluding hydrogens is 417 g/mol. The zero-order chi connectivity index (χ0) is 21.4. The number of benzene rings is 1. The maximum atomic E-state index is 14.6. The number of hydrogen-bond donors (Lipinski definition) is 0. The third kappa shape index (κ3) is 4.03. The van der Waals surface area contributed by atoms with E-state index in [0.717, 1.165) is 30.1 Å². The Balaban J connectivity index is 1.37. The number of nitrogens with zero attached hydrogens (tertiary/aromatic N) is 3. The first-order valence-corrected chi connectivity index (χ1v) is 11.4. The summed E-state index contributed by atoms with van der Waals surface area (Å²) in [5, 5.41) is 0. The molecule has 0 N–H and O–H groups in total. The Morgan fingerprint density at radius 1 is 1.29 bits per heavy atom. The van der Waals surface area contributed by atoms with Crippen molar-refractivity contribution in [2.45, 2.75) is 25.9 Å². The van der Waals surface area contributed by atoms with Crippen LogP contribution in [0.3, 0.4) is 0 Å². The van der Waals surface area contributed by atoms with Gasteiger partial charge in [-0.2, -0.15) is 0 Å². The van der Waals surface area contributed by atoms with Crippen molar-refractivity contribution in [2.75, 3.05) is 32.8 Å². The summed E-state index contributed by atoms with van der Waals surface area (Å²) in [4.78, 5) is 20.8. The van der Waals surface area contributed by atoms with Gasteiger partial charge in [-0.1, -0.05) is 6.08 Å². The number of thiophene rings is 1. The summed E-state index contributed by atoms with van der Waals surface area (Å²) in [7, 11) is 0. The molecule has 0 radical (unpaired) electrons. The zero-order valence-electron chi connectivity index (χ0n) is 17.3. The molecule has 0 aliphatic carbocycles. The van der Waals surface area contributed by atoms with Crippen molar-refractivity contribution in [1.29, 1.82) is 0 Å². The van der Waals surface area contributed by atoms with Gasteiger partial charge in [0.2, 0.25) is 0 Å². The van der Waals surface area contributed by atoms with Gasteiger partial charge in [0.1, 0.15) is 17.6 Å². The van der Waals surface area contributed by atoms with Crippen molar-refractivity contribution in [3.8, 4) is 11.4 Å². The Morgan fingerprint density at radius 2 is 2.13 bits per heavy atom. The lowest BCUT2D eigenvalue weighted by molar-refractivity contribution is 0.147. The number of likely N-dealkylation sites (tertiary alicyclic amines) is 1. The van der Waals surface area contributed by atoms with E-state index in [-0.39, 0.29) is 17.4 Å². The molecule has 1 saturated heterocycles. The van der Waals surface area contributed by atoms with Crippen LogP contribution in [-0.2, 0) is 4.74 Å². The second-order valence-corrected chi connectivity index (χ2v) is 8.94. The van der Waals surface area contributed by atoms with E-state index in [9.17, 15) is 9.18 Å². The van der Waals surface area contributed by atoms with Crippen LogP contribution in [-0.4, -0.2) is 53.4 Å². The third-order valence-electron chi connectivity index (χ3n) is 5.87. The van der Waals surface area contributed by atoms with Crippen molar-refractivity contribution in [3.63, 3.8) is 0 Å². The van der Waals surface area contributed by atoms with Crippen molar-refractivity contribution in [3.05, 3.63) is 57.7 Å². The molecule has 3 aromatic rings. The van der Waals surface area contributed by atoms with E-state index in [0.29, 0.717) is 29.1 Å². The monoisotopic (exact) mass is 441 g/mol. The molecule has 0 saturated carbocycles. The second-order valence-electron chi connectivity index (χ2n) is 7.89. The fraction of sp³-hybridized carbons (Fsp3) is 0.391. The van der Waals surface area contributed by atoms with Crippen LogP contribution in [0.25, 0.3) is 21.5 Å². The first-order chi connectivity index (χ1) is 15.1. The normalized spacial score (nSPS) is 19.3. The van der Waals surface area contributed by atoms with Crippen molar-refractivity contribution >= 4 is 27.1 Å². The van der Waals surface area contributed by atoms with Gasteiger partial charge in [-0.25, -0.2) is 9.37 Å². The minimum Gasteiger partial charge on any atom is -0.489 e. The van der Waals surface area contributed by atoms with Crippen LogP contribution in [0.5, 0.6) is 5.75 Å². The molecule has 8 heteroatoms. The summed E-state index contributed by atoms with van der Waals surface area (Å²) in [6, 6.07) is 6.51. The standard InChI is InChI=1S/C23H24FN3O3S/c1-15-17(6-10-29-15)21-13-19-22(31-21)23(28)27(14-25-19)16-4-5-20(18(24)12-16)30-11-9-26-7-2-3-8-26/h4-6,12-15H,2-3,7-11H2,1H3. The zero-order valence-corrected chi connectivity index (χ0v) is 18.2. The lowest BCUT2D eigenvalue weighted by atomic mass is 10.1. The third-order valence-corrected chi connectivity index (χ3v) is 7.03. The van der Waals surface area contributed by atoms with E-state index in [1.165, 1.54) is 41.1 Å². The molecule has 1 aromatic carbocycles. The van der Waals surface area contributed by atoms with Crippen LogP contribution in [0.2, 0.25) is 0 Å². The summed E-state index contributed by atoms with van der Waals surface area (Å²) < 4.78 is 27.8. The highest BCUT2D eigenvalue weighted by Gasteiger charge is 2.20. The lowest BCUT2D eigenvalue weighted by Gasteiger charge is -2.15. The summed E-state index contributed by atoms with van der Waals surface area (Å²) >= 11 is 1.40. The molecule has 5 rings (SSSR count). The molecule has 2 aliphatic rings. The average Bonchev–Trinajstić information content (AvgIpc) is 3.50. The van der Waals surface area contributed by atoms with Crippen LogP contribution >= 0.6 is 11.3 Å². The van der Waals surface area contributed by atoms with Gasteiger partial charge in [0, 0.05) is 17.5 Å². The highest BCUT2D eigenvalue weighted by molar-refractivity contribution is 7.19. The minimum atomic E-state index is -0.486. The number of halogens is 1. The van der Waals surface area contributed by atoms with Crippen LogP contribution in [0.1, 0.15) is 24.6 Å². The number of hydrogen-bond acceptors (Lipinski definition) is 6. The molecule has 162 valence electrons. The maximum absolute atomic E-state index is 14.6. The van der Waals surface area contributed by atoms with Crippen molar-refractivity contribution in [1.82, 2.24) is 14.5 Å².